The topological polar surface area (TPSA) is 103 Å². The minimum Gasteiger partial charge on any atom is -0.494 e. The fraction of sp³-hybridized carbons (Fsp3) is 0.429. The monoisotopic (exact) mass is 583 g/mol. The van der Waals surface area contributed by atoms with E-state index in [1.54, 1.807) is 16.8 Å². The lowest BCUT2D eigenvalue weighted by Crippen LogP contribution is -2.39. The summed E-state index contributed by atoms with van der Waals surface area (Å²) in [6.45, 7) is 5.31. The second-order valence-corrected chi connectivity index (χ2v) is 10.9. The third-order valence-electron chi connectivity index (χ3n) is 7.69. The number of carbonyl (C=O) groups is 1. The highest BCUT2D eigenvalue weighted by atomic mass is 16.5. The van der Waals surface area contributed by atoms with E-state index in [1.165, 1.54) is 25.7 Å². The van der Waals surface area contributed by atoms with E-state index in [4.69, 9.17) is 15.5 Å². The summed E-state index contributed by atoms with van der Waals surface area (Å²) < 4.78 is 7.27. The molecule has 0 aliphatic rings. The van der Waals surface area contributed by atoms with Crippen LogP contribution in [0.5, 0.6) is 5.75 Å². The number of fused-ring (bicyclic) bond motifs is 1. The first kappa shape index (κ1) is 31.9. The molecule has 1 amide bonds. The van der Waals surface area contributed by atoms with Crippen LogP contribution in [-0.2, 0) is 11.3 Å². The van der Waals surface area contributed by atoms with Crippen LogP contribution in [0.2, 0.25) is 0 Å². The molecule has 1 unspecified atom stereocenters. The highest BCUT2D eigenvalue weighted by Crippen LogP contribution is 2.29. The van der Waals surface area contributed by atoms with Gasteiger partial charge in [-0.05, 0) is 74.8 Å². The number of unbranched alkanes of at least 4 members (excludes halogenated alkanes) is 6. The molecule has 4 rings (SSSR count). The zero-order valence-corrected chi connectivity index (χ0v) is 25.6. The van der Waals surface area contributed by atoms with Gasteiger partial charge in [0.25, 0.3) is 5.56 Å². The first-order valence-electron chi connectivity index (χ1n) is 15.7. The number of hydrogen-bond acceptors (Lipinski definition) is 6. The molecule has 4 aromatic rings. The number of amides is 1. The predicted molar refractivity (Wildman–Crippen MR) is 172 cm³/mol. The van der Waals surface area contributed by atoms with Crippen LogP contribution in [0.3, 0.4) is 0 Å². The van der Waals surface area contributed by atoms with Gasteiger partial charge >= 0.3 is 0 Å². The van der Waals surface area contributed by atoms with Crippen molar-refractivity contribution in [1.29, 1.82) is 0 Å². The van der Waals surface area contributed by atoms with E-state index < -0.39 is 6.04 Å². The van der Waals surface area contributed by atoms with Gasteiger partial charge in [-0.1, -0.05) is 63.6 Å². The Bertz CT molecular complexity index is 1490. The molecule has 2 aromatic heterocycles. The zero-order chi connectivity index (χ0) is 30.4. The average Bonchev–Trinajstić information content (AvgIpc) is 3.03. The van der Waals surface area contributed by atoms with Crippen LogP contribution in [0.15, 0.2) is 77.7 Å². The van der Waals surface area contributed by atoms with Gasteiger partial charge in [0.15, 0.2) is 0 Å². The maximum Gasteiger partial charge on any atom is 0.266 e. The Morgan fingerprint density at radius 2 is 1.65 bits per heavy atom. The second kappa shape index (κ2) is 16.6. The van der Waals surface area contributed by atoms with Gasteiger partial charge in [0.05, 0.1) is 41.5 Å². The lowest BCUT2D eigenvalue weighted by Gasteiger charge is -2.33. The summed E-state index contributed by atoms with van der Waals surface area (Å²) in [6, 6.07) is 19.9. The Balaban J connectivity index is 1.76. The molecule has 228 valence electrons. The predicted octanol–water partition coefficient (Wildman–Crippen LogP) is 6.74. The van der Waals surface area contributed by atoms with E-state index >= 15 is 0 Å². The molecule has 43 heavy (non-hydrogen) atoms. The van der Waals surface area contributed by atoms with Crippen molar-refractivity contribution in [2.75, 3.05) is 13.2 Å². The molecule has 0 aliphatic carbocycles. The lowest BCUT2D eigenvalue weighted by molar-refractivity contribution is -0.135. The fourth-order valence-corrected chi connectivity index (χ4v) is 5.48. The Morgan fingerprint density at radius 3 is 2.35 bits per heavy atom. The van der Waals surface area contributed by atoms with Crippen molar-refractivity contribution < 1.29 is 9.53 Å². The molecular weight excluding hydrogens is 538 g/mol. The van der Waals surface area contributed by atoms with Crippen LogP contribution in [-0.4, -0.2) is 38.5 Å². The van der Waals surface area contributed by atoms with Gasteiger partial charge in [0.2, 0.25) is 5.91 Å². The first-order valence-corrected chi connectivity index (χ1v) is 15.7. The zero-order valence-electron chi connectivity index (χ0n) is 25.6. The van der Waals surface area contributed by atoms with Gasteiger partial charge in [0.1, 0.15) is 11.6 Å². The number of ether oxygens (including phenoxy) is 1. The van der Waals surface area contributed by atoms with Crippen LogP contribution in [0.4, 0.5) is 0 Å². The van der Waals surface area contributed by atoms with E-state index in [0.29, 0.717) is 55.0 Å². The number of rotatable bonds is 17. The first-order chi connectivity index (χ1) is 21.1. The third-order valence-corrected chi connectivity index (χ3v) is 7.69. The third kappa shape index (κ3) is 8.51. The van der Waals surface area contributed by atoms with Gasteiger partial charge < -0.3 is 15.4 Å². The minimum absolute atomic E-state index is 0.0123. The minimum atomic E-state index is -0.534. The second-order valence-electron chi connectivity index (χ2n) is 10.9. The van der Waals surface area contributed by atoms with Crippen molar-refractivity contribution in [1.82, 2.24) is 19.4 Å². The number of nitrogens with zero attached hydrogens (tertiary/aromatic N) is 4. The normalized spacial score (nSPS) is 11.9. The van der Waals surface area contributed by atoms with Crippen molar-refractivity contribution in [3.63, 3.8) is 0 Å². The number of para-hydroxylation sites is 1. The number of nitrogens with two attached hydrogens (primary N) is 1. The van der Waals surface area contributed by atoms with Gasteiger partial charge in [-0.15, -0.1) is 0 Å². The summed E-state index contributed by atoms with van der Waals surface area (Å²) in [4.78, 5) is 39.5. The van der Waals surface area contributed by atoms with Crippen LogP contribution < -0.4 is 16.0 Å². The summed E-state index contributed by atoms with van der Waals surface area (Å²) >= 11 is 0. The van der Waals surface area contributed by atoms with Crippen LogP contribution in [0, 0.1) is 0 Å². The highest BCUT2D eigenvalue weighted by molar-refractivity contribution is 5.79. The molecular formula is C35H45N5O3. The SMILES string of the molecule is CCCCCCCCCC(=O)N(Cc1ccccn1)C(CCN)c1nc2ccccc2c(=O)n1-c1ccc(OCC)cc1. The lowest BCUT2D eigenvalue weighted by atomic mass is 10.1. The van der Waals surface area contributed by atoms with Crippen molar-refractivity contribution in [2.24, 2.45) is 5.73 Å². The van der Waals surface area contributed by atoms with Crippen molar-refractivity contribution in [3.05, 3.63) is 94.8 Å². The number of carbonyl (C=O) groups excluding carboxylic acids is 1. The molecule has 0 aliphatic heterocycles. The molecule has 0 saturated heterocycles. The summed E-state index contributed by atoms with van der Waals surface area (Å²) in [5.41, 5.74) is 8.01. The maximum atomic E-state index is 14.1. The van der Waals surface area contributed by atoms with Crippen molar-refractivity contribution in [2.45, 2.75) is 84.2 Å². The summed E-state index contributed by atoms with van der Waals surface area (Å²) in [7, 11) is 0. The molecule has 8 nitrogen and oxygen atoms in total. The molecule has 0 fully saturated rings. The molecule has 0 bridgehead atoms. The standard InChI is InChI=1S/C35H45N5O3/c1-3-5-6-7-8-9-10-18-33(41)39(26-27-15-13-14-25-37-27)32(23-24-36)34-38-31-17-12-11-16-30(31)35(42)40(34)28-19-21-29(22-20-28)43-4-2/h11-17,19-22,25,32H,3-10,18,23-24,26,36H2,1-2H3. The van der Waals surface area contributed by atoms with Gasteiger partial charge in [-0.25, -0.2) is 4.98 Å². The van der Waals surface area contributed by atoms with Gasteiger partial charge in [0, 0.05) is 12.6 Å². The van der Waals surface area contributed by atoms with Gasteiger partial charge in [-0.3, -0.25) is 19.1 Å². The maximum absolute atomic E-state index is 14.1. The van der Waals surface area contributed by atoms with Crippen LogP contribution >= 0.6 is 0 Å². The molecule has 2 heterocycles. The van der Waals surface area contributed by atoms with E-state index in [2.05, 4.69) is 11.9 Å². The number of benzene rings is 2. The Labute approximate surface area is 254 Å². The van der Waals surface area contributed by atoms with E-state index in [-0.39, 0.29) is 11.5 Å². The molecule has 2 N–H and O–H groups in total. The van der Waals surface area contributed by atoms with Crippen LogP contribution in [0.1, 0.15) is 89.2 Å². The number of hydrogen-bond donors (Lipinski definition) is 1. The fourth-order valence-electron chi connectivity index (χ4n) is 5.48. The molecule has 1 atom stereocenters. The van der Waals surface area contributed by atoms with Crippen LogP contribution in [0.25, 0.3) is 16.6 Å². The smallest absolute Gasteiger partial charge is 0.266 e. The molecule has 2 aromatic carbocycles. The summed E-state index contributed by atoms with van der Waals surface area (Å²) in [5, 5.41) is 0.511. The Hall–Kier alpha value is -4.04. The Kier molecular flexibility index (Phi) is 12.3. The Morgan fingerprint density at radius 1 is 0.930 bits per heavy atom. The quantitative estimate of drug-likeness (QED) is 0.138. The summed E-state index contributed by atoms with van der Waals surface area (Å²) in [5.74, 6) is 1.22. The molecule has 0 radical (unpaired) electrons. The van der Waals surface area contributed by atoms with E-state index in [1.807, 2.05) is 72.5 Å². The largest absolute Gasteiger partial charge is 0.494 e. The average molecular weight is 584 g/mol. The summed E-state index contributed by atoms with van der Waals surface area (Å²) in [6.07, 6.45) is 10.5. The van der Waals surface area contributed by atoms with Crippen molar-refractivity contribution in [3.8, 4) is 11.4 Å². The van der Waals surface area contributed by atoms with E-state index in [0.717, 1.165) is 30.7 Å². The van der Waals surface area contributed by atoms with E-state index in [9.17, 15) is 9.59 Å². The highest BCUT2D eigenvalue weighted by Gasteiger charge is 2.30. The molecule has 0 spiro atoms. The molecule has 8 heteroatoms. The number of aromatic nitrogens is 3. The van der Waals surface area contributed by atoms with Gasteiger partial charge in [-0.2, -0.15) is 0 Å². The van der Waals surface area contributed by atoms with Crippen molar-refractivity contribution >= 4 is 16.8 Å². The molecule has 0 saturated carbocycles. The number of pyridine rings is 1.